The predicted octanol–water partition coefficient (Wildman–Crippen LogP) is 1.67. The highest BCUT2D eigenvalue weighted by atomic mass is 16.6. The van der Waals surface area contributed by atoms with E-state index in [1.165, 1.54) is 4.90 Å². The first-order valence-electron chi connectivity index (χ1n) is 8.84. The van der Waals surface area contributed by atoms with Crippen LogP contribution in [0.3, 0.4) is 0 Å². The summed E-state index contributed by atoms with van der Waals surface area (Å²) in [4.78, 5) is 25.2. The molecule has 0 aromatic heterocycles. The molecule has 1 amide bonds. The van der Waals surface area contributed by atoms with Crippen LogP contribution in [0.1, 0.15) is 23.5 Å². The summed E-state index contributed by atoms with van der Waals surface area (Å²) in [6.07, 6.45) is -0.439. The van der Waals surface area contributed by atoms with Crippen molar-refractivity contribution in [3.05, 3.63) is 59.7 Å². The molecule has 1 aliphatic carbocycles. The summed E-state index contributed by atoms with van der Waals surface area (Å²) in [6, 6.07) is 14.8. The van der Waals surface area contributed by atoms with Crippen LogP contribution in [-0.4, -0.2) is 47.3 Å². The van der Waals surface area contributed by atoms with Crippen LogP contribution in [0, 0.1) is 0 Å². The van der Waals surface area contributed by atoms with Crippen molar-refractivity contribution in [3.8, 4) is 11.1 Å². The number of ether oxygens (including phenoxy) is 1. The Bertz CT molecular complexity index is 868. The monoisotopic (exact) mass is 366 g/mol. The minimum Gasteiger partial charge on any atom is -0.480 e. The van der Waals surface area contributed by atoms with Gasteiger partial charge in [0.05, 0.1) is 6.54 Å². The third-order valence-corrected chi connectivity index (χ3v) is 5.35. The standard InChI is InChI=1S/C20H19N3O4/c21-22-12-9-18(19(24)25)23(10-12)20(26)27-11-17-15-7-3-1-5-13(15)14-6-2-4-8-16(14)17/h1-8,12,17-18,21H,9-11H2,(H,24,25)/p+1/t12-,18-/m0/s1. The van der Waals surface area contributed by atoms with E-state index in [1.54, 1.807) is 0 Å². The first kappa shape index (κ1) is 17.2. The van der Waals surface area contributed by atoms with E-state index in [0.29, 0.717) is 0 Å². The lowest BCUT2D eigenvalue weighted by molar-refractivity contribution is -0.228. The molecule has 1 heterocycles. The normalized spacial score (nSPS) is 20.8. The molecule has 0 bridgehead atoms. The second-order valence-electron chi connectivity index (χ2n) is 6.85. The van der Waals surface area contributed by atoms with Crippen LogP contribution < -0.4 is 5.53 Å². The molecule has 0 saturated carbocycles. The average molecular weight is 366 g/mol. The molecule has 0 unspecified atom stereocenters. The Morgan fingerprint density at radius 1 is 1.11 bits per heavy atom. The minimum atomic E-state index is -1.07. The quantitative estimate of drug-likeness (QED) is 0.803. The number of rotatable bonds is 4. The first-order chi connectivity index (χ1) is 13.1. The van der Waals surface area contributed by atoms with Crippen molar-refractivity contribution < 1.29 is 25.0 Å². The number of fused-ring (bicyclic) bond motifs is 3. The average Bonchev–Trinajstić information content (AvgIpc) is 3.26. The fraction of sp³-hybridized carbons (Fsp3) is 0.300. The van der Waals surface area contributed by atoms with Crippen molar-refractivity contribution in [2.75, 3.05) is 13.2 Å². The zero-order chi connectivity index (χ0) is 19.0. The zero-order valence-corrected chi connectivity index (χ0v) is 14.6. The van der Waals surface area contributed by atoms with Crippen LogP contribution in [0.5, 0.6) is 0 Å². The number of carboxylic acid groups (broad SMARTS) is 1. The van der Waals surface area contributed by atoms with E-state index < -0.39 is 18.1 Å². The Labute approximate surface area is 156 Å². The SMILES string of the molecule is [NH2+]=N[C@H]1C[C@@H](C(=O)O)N(C(=O)OCC2c3ccccc3-c3ccccc32)C1. The van der Waals surface area contributed by atoms with Crippen LogP contribution in [-0.2, 0) is 9.53 Å². The van der Waals surface area contributed by atoms with Crippen molar-refractivity contribution in [1.82, 2.24) is 4.90 Å². The van der Waals surface area contributed by atoms with Crippen LogP contribution >= 0.6 is 0 Å². The molecule has 4 rings (SSSR count). The van der Waals surface area contributed by atoms with Gasteiger partial charge in [-0.1, -0.05) is 48.5 Å². The lowest BCUT2D eigenvalue weighted by Gasteiger charge is -2.22. The molecule has 2 atom stereocenters. The smallest absolute Gasteiger partial charge is 0.410 e. The van der Waals surface area contributed by atoms with E-state index in [2.05, 4.69) is 17.2 Å². The van der Waals surface area contributed by atoms with Gasteiger partial charge in [-0.25, -0.2) is 9.59 Å². The van der Waals surface area contributed by atoms with E-state index >= 15 is 0 Å². The van der Waals surface area contributed by atoms with Crippen molar-refractivity contribution >= 4 is 12.1 Å². The molecule has 1 fully saturated rings. The number of carbonyl (C=O) groups excluding carboxylic acids is 1. The fourth-order valence-corrected chi connectivity index (χ4v) is 4.03. The summed E-state index contributed by atoms with van der Waals surface area (Å²) in [5.41, 5.74) is 9.79. The predicted molar refractivity (Wildman–Crippen MR) is 96.0 cm³/mol. The van der Waals surface area contributed by atoms with Gasteiger partial charge in [0.15, 0.2) is 0 Å². The number of amides is 1. The number of nitrogens with two attached hydrogens (primary N) is 1. The van der Waals surface area contributed by atoms with Gasteiger partial charge in [-0.05, 0) is 27.4 Å². The lowest BCUT2D eigenvalue weighted by Crippen LogP contribution is -2.41. The Hall–Kier alpha value is -3.22. The third-order valence-electron chi connectivity index (χ3n) is 5.35. The van der Waals surface area contributed by atoms with E-state index in [0.717, 1.165) is 22.3 Å². The van der Waals surface area contributed by atoms with Crippen LogP contribution in [0.25, 0.3) is 11.1 Å². The number of likely N-dealkylation sites (tertiary alicyclic amines) is 1. The highest BCUT2D eigenvalue weighted by Crippen LogP contribution is 2.44. The lowest BCUT2D eigenvalue weighted by atomic mass is 9.98. The van der Waals surface area contributed by atoms with Crippen LogP contribution in [0.15, 0.2) is 53.6 Å². The Morgan fingerprint density at radius 2 is 1.70 bits per heavy atom. The summed E-state index contributed by atoms with van der Waals surface area (Å²) in [7, 11) is 0. The van der Waals surface area contributed by atoms with Crippen molar-refractivity contribution in [1.29, 1.82) is 0 Å². The van der Waals surface area contributed by atoms with Gasteiger partial charge in [0.25, 0.3) is 0 Å². The molecule has 2 aromatic carbocycles. The number of hydrogen-bond donors (Lipinski definition) is 2. The second kappa shape index (κ2) is 6.83. The van der Waals surface area contributed by atoms with Gasteiger partial charge >= 0.3 is 12.1 Å². The zero-order valence-electron chi connectivity index (χ0n) is 14.6. The Kier molecular flexibility index (Phi) is 4.35. The molecule has 3 N–H and O–H groups in total. The molecule has 7 nitrogen and oxygen atoms in total. The topological polar surface area (TPSA) is 105 Å². The minimum absolute atomic E-state index is 0.0674. The van der Waals surface area contributed by atoms with Crippen molar-refractivity contribution in [2.45, 2.75) is 24.4 Å². The van der Waals surface area contributed by atoms with Gasteiger partial charge in [-0.3, -0.25) is 4.90 Å². The molecule has 2 aliphatic rings. The first-order valence-corrected chi connectivity index (χ1v) is 8.84. The van der Waals surface area contributed by atoms with E-state index in [-0.39, 0.29) is 31.5 Å². The molecule has 27 heavy (non-hydrogen) atoms. The second-order valence-corrected chi connectivity index (χ2v) is 6.85. The van der Waals surface area contributed by atoms with Crippen LogP contribution in [0.2, 0.25) is 0 Å². The Morgan fingerprint density at radius 3 is 2.26 bits per heavy atom. The maximum Gasteiger partial charge on any atom is 0.410 e. The van der Waals surface area contributed by atoms with Crippen molar-refractivity contribution in [2.24, 2.45) is 5.11 Å². The number of carbonyl (C=O) groups is 2. The van der Waals surface area contributed by atoms with E-state index in [4.69, 9.17) is 10.3 Å². The molecule has 138 valence electrons. The molecule has 2 aromatic rings. The number of carboxylic acids is 1. The summed E-state index contributed by atoms with van der Waals surface area (Å²) in [6.45, 7) is 0.310. The van der Waals surface area contributed by atoms with Gasteiger partial charge in [0, 0.05) is 12.3 Å². The molecule has 0 radical (unpaired) electrons. The maximum absolute atomic E-state index is 12.6. The maximum atomic E-state index is 12.6. The summed E-state index contributed by atoms with van der Waals surface area (Å²) < 4.78 is 5.54. The Balaban J connectivity index is 1.53. The number of hydrogen-bond acceptors (Lipinski definition) is 4. The number of benzene rings is 2. The van der Waals surface area contributed by atoms with Gasteiger partial charge in [-0.2, -0.15) is 5.53 Å². The summed E-state index contributed by atoms with van der Waals surface area (Å²) in [5, 5.41) is 13.0. The number of aliphatic carboxylic acids is 1. The molecule has 1 saturated heterocycles. The summed E-state index contributed by atoms with van der Waals surface area (Å²) in [5.74, 6) is -1.14. The number of nitrogens with zero attached hydrogens (tertiary/aromatic N) is 2. The van der Waals surface area contributed by atoms with Gasteiger partial charge in [0.2, 0.25) is 0 Å². The van der Waals surface area contributed by atoms with E-state index in [9.17, 15) is 14.7 Å². The third kappa shape index (κ3) is 2.95. The van der Waals surface area contributed by atoms with Gasteiger partial charge < -0.3 is 9.84 Å². The highest BCUT2D eigenvalue weighted by molar-refractivity contribution is 5.81. The van der Waals surface area contributed by atoms with Gasteiger partial charge in [0.1, 0.15) is 18.7 Å². The van der Waals surface area contributed by atoms with Gasteiger partial charge in [-0.15, -0.1) is 0 Å². The summed E-state index contributed by atoms with van der Waals surface area (Å²) >= 11 is 0. The van der Waals surface area contributed by atoms with Crippen LogP contribution in [0.4, 0.5) is 4.79 Å². The van der Waals surface area contributed by atoms with Crippen molar-refractivity contribution in [3.63, 3.8) is 0 Å². The molecule has 1 aliphatic heterocycles. The largest absolute Gasteiger partial charge is 0.480 e. The molecule has 0 spiro atoms. The highest BCUT2D eigenvalue weighted by Gasteiger charge is 2.42. The fourth-order valence-electron chi connectivity index (χ4n) is 4.03. The molecular weight excluding hydrogens is 346 g/mol. The molecule has 7 heteroatoms. The molecular formula is C20H20N3O4+. The van der Waals surface area contributed by atoms with E-state index in [1.807, 2.05) is 36.4 Å².